The van der Waals surface area contributed by atoms with Crippen LogP contribution in [0.3, 0.4) is 0 Å². The molecular formula is C3H2Cl3N3. The molecule has 1 aliphatic heterocycles. The zero-order valence-corrected chi connectivity index (χ0v) is 6.40. The second kappa shape index (κ2) is 2.73. The van der Waals surface area contributed by atoms with Gasteiger partial charge in [0.05, 0.1) is 0 Å². The molecule has 0 aromatic heterocycles. The van der Waals surface area contributed by atoms with Crippen molar-refractivity contribution in [3.8, 4) is 0 Å². The summed E-state index contributed by atoms with van der Waals surface area (Å²) < 4.78 is 1.06. The minimum absolute atomic E-state index is 0.131. The molecule has 1 aliphatic rings. The SMILES string of the molecule is ClC1=NC(Cl)N=CN1Cl. The largest absolute Gasteiger partial charge is 0.232 e. The standard InChI is InChI=1S/C3H2Cl3N3/c4-2-7-1-9(6)3(5)8-2/h1-2H. The molecule has 6 heteroatoms. The molecule has 50 valence electrons. The molecule has 0 N–H and O–H groups in total. The highest BCUT2D eigenvalue weighted by Gasteiger charge is 2.10. The van der Waals surface area contributed by atoms with E-state index in [1.807, 2.05) is 0 Å². The third kappa shape index (κ3) is 1.71. The van der Waals surface area contributed by atoms with Gasteiger partial charge in [-0.15, -0.1) is 0 Å². The Labute approximate surface area is 67.0 Å². The zero-order chi connectivity index (χ0) is 6.85. The second-order valence-electron chi connectivity index (χ2n) is 1.28. The quantitative estimate of drug-likeness (QED) is 0.321. The fourth-order valence-electron chi connectivity index (χ4n) is 0.338. The summed E-state index contributed by atoms with van der Waals surface area (Å²) in [6.45, 7) is 0. The van der Waals surface area contributed by atoms with E-state index in [9.17, 15) is 0 Å². The van der Waals surface area contributed by atoms with Crippen LogP contribution in [0.5, 0.6) is 0 Å². The summed E-state index contributed by atoms with van der Waals surface area (Å²) in [5.41, 5.74) is -0.632. The molecule has 0 spiro atoms. The van der Waals surface area contributed by atoms with Gasteiger partial charge in [0.25, 0.3) is 0 Å². The molecule has 1 rings (SSSR count). The van der Waals surface area contributed by atoms with E-state index in [1.165, 1.54) is 6.34 Å². The van der Waals surface area contributed by atoms with Gasteiger partial charge in [0.15, 0.2) is 0 Å². The van der Waals surface area contributed by atoms with Crippen LogP contribution in [0, 0.1) is 0 Å². The van der Waals surface area contributed by atoms with Gasteiger partial charge in [-0.05, 0) is 11.6 Å². The number of nitrogens with zero attached hydrogens (tertiary/aromatic N) is 3. The molecule has 3 nitrogen and oxygen atoms in total. The Morgan fingerprint density at radius 1 is 1.67 bits per heavy atom. The number of hydrogen-bond donors (Lipinski definition) is 0. The van der Waals surface area contributed by atoms with Crippen LogP contribution in [0.25, 0.3) is 0 Å². The van der Waals surface area contributed by atoms with E-state index in [2.05, 4.69) is 9.98 Å². The third-order valence-corrected chi connectivity index (χ3v) is 1.50. The minimum atomic E-state index is -0.632. The number of amidine groups is 1. The number of alkyl halides is 1. The van der Waals surface area contributed by atoms with E-state index in [0.29, 0.717) is 0 Å². The van der Waals surface area contributed by atoms with Crippen molar-refractivity contribution in [2.45, 2.75) is 5.62 Å². The van der Waals surface area contributed by atoms with Crippen molar-refractivity contribution in [2.75, 3.05) is 0 Å². The molecule has 0 saturated heterocycles. The van der Waals surface area contributed by atoms with Gasteiger partial charge < -0.3 is 0 Å². The summed E-state index contributed by atoms with van der Waals surface area (Å²) in [4.78, 5) is 7.23. The molecule has 1 heterocycles. The molecule has 0 aliphatic carbocycles. The molecule has 0 radical (unpaired) electrons. The normalized spacial score (nSPS) is 26.3. The number of halogens is 3. The van der Waals surface area contributed by atoms with Crippen LogP contribution in [0.15, 0.2) is 9.98 Å². The first-order valence-corrected chi connectivity index (χ1v) is 3.21. The van der Waals surface area contributed by atoms with Crippen LogP contribution in [-0.4, -0.2) is 21.7 Å². The van der Waals surface area contributed by atoms with Crippen molar-refractivity contribution in [2.24, 2.45) is 9.98 Å². The van der Waals surface area contributed by atoms with E-state index in [0.717, 1.165) is 4.42 Å². The van der Waals surface area contributed by atoms with Crippen LogP contribution >= 0.6 is 35.0 Å². The van der Waals surface area contributed by atoms with Crippen molar-refractivity contribution in [1.82, 2.24) is 4.42 Å². The molecule has 9 heavy (non-hydrogen) atoms. The molecule has 0 saturated carbocycles. The van der Waals surface area contributed by atoms with Crippen molar-refractivity contribution in [1.29, 1.82) is 0 Å². The summed E-state index contributed by atoms with van der Waals surface area (Å²) in [5, 5.41) is 0.131. The van der Waals surface area contributed by atoms with Gasteiger partial charge in [0.1, 0.15) is 6.34 Å². The van der Waals surface area contributed by atoms with E-state index < -0.39 is 5.62 Å². The van der Waals surface area contributed by atoms with Gasteiger partial charge in [-0.2, -0.15) is 0 Å². The molecule has 0 aromatic rings. The second-order valence-corrected chi connectivity index (χ2v) is 2.38. The lowest BCUT2D eigenvalue weighted by molar-refractivity contribution is 0.872. The predicted octanol–water partition coefficient (Wildman–Crippen LogP) is 1.60. The van der Waals surface area contributed by atoms with Gasteiger partial charge in [0.2, 0.25) is 10.9 Å². The Bertz CT molecular complexity index is 166. The lowest BCUT2D eigenvalue weighted by Gasteiger charge is -2.11. The summed E-state index contributed by atoms with van der Waals surface area (Å²) in [6.07, 6.45) is 1.30. The van der Waals surface area contributed by atoms with Crippen molar-refractivity contribution in [3.63, 3.8) is 0 Å². The smallest absolute Gasteiger partial charge is 0.219 e. The first-order valence-electron chi connectivity index (χ1n) is 2.06. The van der Waals surface area contributed by atoms with Crippen LogP contribution in [0.2, 0.25) is 0 Å². The maximum absolute atomic E-state index is 5.43. The lowest BCUT2D eigenvalue weighted by Crippen LogP contribution is -2.20. The Hall–Kier alpha value is 0.01000. The van der Waals surface area contributed by atoms with Crippen molar-refractivity contribution < 1.29 is 0 Å². The maximum Gasteiger partial charge on any atom is 0.219 e. The lowest BCUT2D eigenvalue weighted by atomic mass is 10.9. The summed E-state index contributed by atoms with van der Waals surface area (Å²) in [5.74, 6) is 0. The van der Waals surface area contributed by atoms with Gasteiger partial charge in [0, 0.05) is 11.8 Å². The van der Waals surface area contributed by atoms with Crippen LogP contribution < -0.4 is 0 Å². The first kappa shape index (κ1) is 7.12. The van der Waals surface area contributed by atoms with Crippen LogP contribution in [0.1, 0.15) is 0 Å². The fraction of sp³-hybridized carbons (Fsp3) is 0.333. The van der Waals surface area contributed by atoms with Gasteiger partial charge in [-0.1, -0.05) is 11.6 Å². The van der Waals surface area contributed by atoms with E-state index >= 15 is 0 Å². The maximum atomic E-state index is 5.43. The number of hydrogen-bond acceptors (Lipinski definition) is 3. The van der Waals surface area contributed by atoms with E-state index in [4.69, 9.17) is 35.0 Å². The summed E-state index contributed by atoms with van der Waals surface area (Å²) >= 11 is 16.2. The molecule has 0 fully saturated rings. The van der Waals surface area contributed by atoms with Gasteiger partial charge in [-0.3, -0.25) is 0 Å². The topological polar surface area (TPSA) is 28.0 Å². The highest BCUT2D eigenvalue weighted by Crippen LogP contribution is 2.10. The van der Waals surface area contributed by atoms with E-state index in [1.54, 1.807) is 0 Å². The molecule has 1 atom stereocenters. The Morgan fingerprint density at radius 3 is 2.78 bits per heavy atom. The molecule has 1 unspecified atom stereocenters. The summed E-state index contributed by atoms with van der Waals surface area (Å²) in [6, 6.07) is 0. The molecular weight excluding hydrogens is 184 g/mol. The van der Waals surface area contributed by atoms with Gasteiger partial charge in [-0.25, -0.2) is 14.4 Å². The monoisotopic (exact) mass is 185 g/mol. The van der Waals surface area contributed by atoms with Gasteiger partial charge >= 0.3 is 0 Å². The predicted molar refractivity (Wildman–Crippen MR) is 39.1 cm³/mol. The Kier molecular flexibility index (Phi) is 2.16. The molecule has 0 aromatic carbocycles. The van der Waals surface area contributed by atoms with Crippen LogP contribution in [-0.2, 0) is 0 Å². The first-order chi connectivity index (χ1) is 4.20. The Balaban J connectivity index is 2.70. The fourth-order valence-corrected chi connectivity index (χ4v) is 0.760. The number of rotatable bonds is 0. The highest BCUT2D eigenvalue weighted by atomic mass is 35.5. The van der Waals surface area contributed by atoms with Crippen molar-refractivity contribution >= 4 is 46.6 Å². The summed E-state index contributed by atoms with van der Waals surface area (Å²) in [7, 11) is 0. The van der Waals surface area contributed by atoms with Crippen LogP contribution in [0.4, 0.5) is 0 Å². The average Bonchev–Trinajstić information content (AvgIpc) is 1.80. The zero-order valence-electron chi connectivity index (χ0n) is 4.13. The third-order valence-electron chi connectivity index (χ3n) is 0.680. The molecule has 0 amide bonds. The Morgan fingerprint density at radius 2 is 2.33 bits per heavy atom. The molecule has 0 bridgehead atoms. The van der Waals surface area contributed by atoms with Crippen molar-refractivity contribution in [3.05, 3.63) is 0 Å². The average molecular weight is 186 g/mol. The highest BCUT2D eigenvalue weighted by molar-refractivity contribution is 6.68. The minimum Gasteiger partial charge on any atom is -0.232 e. The van der Waals surface area contributed by atoms with E-state index in [-0.39, 0.29) is 5.29 Å². The number of aliphatic imine (C=N–C) groups is 2.